The van der Waals surface area contributed by atoms with Gasteiger partial charge in [0.15, 0.2) is 17.5 Å². The Bertz CT molecular complexity index is 3140. The summed E-state index contributed by atoms with van der Waals surface area (Å²) in [5.41, 5.74) is 10.1. The van der Waals surface area contributed by atoms with Gasteiger partial charge in [-0.25, -0.2) is 15.0 Å². The molecule has 3 aromatic heterocycles. The topological polar surface area (TPSA) is 56.7 Å². The molecule has 0 N–H and O–H groups in total. The van der Waals surface area contributed by atoms with E-state index in [1.165, 1.54) is 32.7 Å². The van der Waals surface area contributed by atoms with Gasteiger partial charge in [-0.05, 0) is 64.4 Å². The van der Waals surface area contributed by atoms with Gasteiger partial charge in [0.25, 0.3) is 0 Å². The highest BCUT2D eigenvalue weighted by molar-refractivity contribution is 6.16. The molecule has 0 atom stereocenters. The standard InChI is InChI=1S/C49H30N4O/c1-4-13-31(14-5-1)36-23-26-42-40(28-36)41-27-34-19-10-11-20-35(34)29-43(41)53(42)37-24-25-38-45(30-37)54-44-22-12-21-39(46(38)44)49-51-47(32-15-6-2-7-16-32)50-48(52-49)33-17-8-3-9-18-33/h1-30H. The lowest BCUT2D eigenvalue weighted by Gasteiger charge is -2.10. The van der Waals surface area contributed by atoms with E-state index in [9.17, 15) is 0 Å². The van der Waals surface area contributed by atoms with Gasteiger partial charge in [0.05, 0.1) is 11.0 Å². The average molecular weight is 691 g/mol. The highest BCUT2D eigenvalue weighted by Gasteiger charge is 2.20. The minimum atomic E-state index is 0.601. The van der Waals surface area contributed by atoms with Gasteiger partial charge in [-0.15, -0.1) is 0 Å². The normalized spacial score (nSPS) is 11.7. The van der Waals surface area contributed by atoms with E-state index < -0.39 is 0 Å². The third-order valence-electron chi connectivity index (χ3n) is 10.4. The number of benzene rings is 8. The van der Waals surface area contributed by atoms with E-state index >= 15 is 0 Å². The summed E-state index contributed by atoms with van der Waals surface area (Å²) in [5, 5.41) is 6.83. The molecule has 0 aliphatic heterocycles. The van der Waals surface area contributed by atoms with Crippen molar-refractivity contribution in [1.29, 1.82) is 0 Å². The van der Waals surface area contributed by atoms with Crippen LogP contribution < -0.4 is 0 Å². The SMILES string of the molecule is c1ccc(-c2ccc3c(c2)c2cc4ccccc4cc2n3-c2ccc3c(c2)oc2cccc(-c4nc(-c5ccccc5)nc(-c5ccccc5)n4)c23)cc1. The number of hydrogen-bond acceptors (Lipinski definition) is 4. The maximum Gasteiger partial charge on any atom is 0.164 e. The summed E-state index contributed by atoms with van der Waals surface area (Å²) in [7, 11) is 0. The fourth-order valence-corrected chi connectivity index (χ4v) is 7.86. The molecule has 0 saturated carbocycles. The highest BCUT2D eigenvalue weighted by Crippen LogP contribution is 2.40. The summed E-state index contributed by atoms with van der Waals surface area (Å²) in [5.74, 6) is 1.85. The van der Waals surface area contributed by atoms with E-state index in [1.807, 2.05) is 72.8 Å². The van der Waals surface area contributed by atoms with Gasteiger partial charge >= 0.3 is 0 Å². The number of rotatable bonds is 5. The smallest absolute Gasteiger partial charge is 0.164 e. The van der Waals surface area contributed by atoms with E-state index in [0.29, 0.717) is 17.5 Å². The Kier molecular flexibility index (Phi) is 6.79. The molecule has 0 bridgehead atoms. The fraction of sp³-hybridized carbons (Fsp3) is 0. The molecular formula is C49H30N4O. The van der Waals surface area contributed by atoms with Gasteiger partial charge < -0.3 is 8.98 Å². The third-order valence-corrected chi connectivity index (χ3v) is 10.4. The van der Waals surface area contributed by atoms with Crippen LogP contribution in [0.5, 0.6) is 0 Å². The van der Waals surface area contributed by atoms with E-state index in [4.69, 9.17) is 19.4 Å². The molecule has 0 radical (unpaired) electrons. The highest BCUT2D eigenvalue weighted by atomic mass is 16.3. The zero-order valence-electron chi connectivity index (χ0n) is 29.0. The zero-order valence-corrected chi connectivity index (χ0v) is 29.0. The number of furan rings is 1. The van der Waals surface area contributed by atoms with Gasteiger partial charge in [-0.2, -0.15) is 0 Å². The van der Waals surface area contributed by atoms with Crippen LogP contribution >= 0.6 is 0 Å². The minimum absolute atomic E-state index is 0.601. The molecule has 11 aromatic rings. The third kappa shape index (κ3) is 4.90. The van der Waals surface area contributed by atoms with Crippen molar-refractivity contribution in [2.45, 2.75) is 0 Å². The summed E-state index contributed by atoms with van der Waals surface area (Å²) in [4.78, 5) is 15.0. The first-order valence-electron chi connectivity index (χ1n) is 18.1. The summed E-state index contributed by atoms with van der Waals surface area (Å²) >= 11 is 0. The van der Waals surface area contributed by atoms with Crippen molar-refractivity contribution >= 4 is 54.5 Å². The Morgan fingerprint density at radius 1 is 0.370 bits per heavy atom. The number of aromatic nitrogens is 4. The van der Waals surface area contributed by atoms with E-state index in [0.717, 1.165) is 55.3 Å². The van der Waals surface area contributed by atoms with E-state index in [-0.39, 0.29) is 0 Å². The largest absolute Gasteiger partial charge is 0.456 e. The second-order valence-corrected chi connectivity index (χ2v) is 13.6. The van der Waals surface area contributed by atoms with Crippen molar-refractivity contribution in [2.24, 2.45) is 0 Å². The van der Waals surface area contributed by atoms with Crippen molar-refractivity contribution < 1.29 is 4.42 Å². The summed E-state index contributed by atoms with van der Waals surface area (Å²) in [6, 6.07) is 63.4. The quantitative estimate of drug-likeness (QED) is 0.180. The Labute approximate surface area is 310 Å². The van der Waals surface area contributed by atoms with Crippen molar-refractivity contribution in [1.82, 2.24) is 19.5 Å². The average Bonchev–Trinajstić information content (AvgIpc) is 3.78. The molecule has 0 unspecified atom stereocenters. The van der Waals surface area contributed by atoms with E-state index in [2.05, 4.69) is 114 Å². The minimum Gasteiger partial charge on any atom is -0.456 e. The molecule has 0 amide bonds. The fourth-order valence-electron chi connectivity index (χ4n) is 7.86. The Morgan fingerprint density at radius 2 is 0.981 bits per heavy atom. The number of nitrogens with zero attached hydrogens (tertiary/aromatic N) is 4. The second-order valence-electron chi connectivity index (χ2n) is 13.6. The van der Waals surface area contributed by atoms with Crippen molar-refractivity contribution in [3.05, 3.63) is 182 Å². The lowest BCUT2D eigenvalue weighted by molar-refractivity contribution is 0.668. The lowest BCUT2D eigenvalue weighted by atomic mass is 10.0. The first-order valence-corrected chi connectivity index (χ1v) is 18.1. The van der Waals surface area contributed by atoms with Gasteiger partial charge in [0, 0.05) is 50.0 Å². The Morgan fingerprint density at radius 3 is 1.69 bits per heavy atom. The molecule has 0 aliphatic rings. The molecule has 0 aliphatic carbocycles. The molecule has 3 heterocycles. The van der Waals surface area contributed by atoms with Crippen LogP contribution in [0.15, 0.2) is 186 Å². The molecule has 54 heavy (non-hydrogen) atoms. The Hall–Kier alpha value is -7.37. The summed E-state index contributed by atoms with van der Waals surface area (Å²) in [6.07, 6.45) is 0. The van der Waals surface area contributed by atoms with Gasteiger partial charge in [0.1, 0.15) is 11.2 Å². The summed E-state index contributed by atoms with van der Waals surface area (Å²) in [6.45, 7) is 0. The van der Waals surface area contributed by atoms with Crippen LogP contribution in [0.2, 0.25) is 0 Å². The first-order chi connectivity index (χ1) is 26.7. The molecule has 0 saturated heterocycles. The molecular weight excluding hydrogens is 661 g/mol. The van der Waals surface area contributed by atoms with Gasteiger partial charge in [-0.3, -0.25) is 0 Å². The van der Waals surface area contributed by atoms with E-state index in [1.54, 1.807) is 0 Å². The molecule has 0 fully saturated rings. The van der Waals surface area contributed by atoms with Crippen LogP contribution in [0.4, 0.5) is 0 Å². The van der Waals surface area contributed by atoms with Crippen LogP contribution in [0.1, 0.15) is 0 Å². The molecule has 5 nitrogen and oxygen atoms in total. The monoisotopic (exact) mass is 690 g/mol. The van der Waals surface area contributed by atoms with Gasteiger partial charge in [0.2, 0.25) is 0 Å². The van der Waals surface area contributed by atoms with Crippen molar-refractivity contribution in [3.63, 3.8) is 0 Å². The molecule has 11 rings (SSSR count). The van der Waals surface area contributed by atoms with Gasteiger partial charge in [-0.1, -0.05) is 133 Å². The molecule has 252 valence electrons. The zero-order chi connectivity index (χ0) is 35.6. The van der Waals surface area contributed by atoms with Crippen LogP contribution in [0.3, 0.4) is 0 Å². The maximum atomic E-state index is 6.67. The van der Waals surface area contributed by atoms with Crippen LogP contribution in [-0.4, -0.2) is 19.5 Å². The second kappa shape index (κ2) is 12.1. The lowest BCUT2D eigenvalue weighted by Crippen LogP contribution is -2.00. The predicted octanol–water partition coefficient (Wildman–Crippen LogP) is 12.7. The molecule has 8 aromatic carbocycles. The van der Waals surface area contributed by atoms with Crippen LogP contribution in [-0.2, 0) is 0 Å². The van der Waals surface area contributed by atoms with Crippen LogP contribution in [0, 0.1) is 0 Å². The molecule has 5 heteroatoms. The van der Waals surface area contributed by atoms with Crippen LogP contribution in [0.25, 0.3) is 105 Å². The predicted molar refractivity (Wildman–Crippen MR) is 221 cm³/mol. The van der Waals surface area contributed by atoms with Crippen molar-refractivity contribution in [3.8, 4) is 51.0 Å². The van der Waals surface area contributed by atoms with Crippen molar-refractivity contribution in [2.75, 3.05) is 0 Å². The first kappa shape index (κ1) is 30.3. The number of fused-ring (bicyclic) bond motifs is 7. The molecule has 0 spiro atoms. The Balaban J connectivity index is 1.12. The maximum absolute atomic E-state index is 6.67. The summed E-state index contributed by atoms with van der Waals surface area (Å²) < 4.78 is 9.03. The number of hydrogen-bond donors (Lipinski definition) is 0.